The summed E-state index contributed by atoms with van der Waals surface area (Å²) in [7, 11) is 1.83. The number of anilines is 3. The standard InChI is InChI=1S/C19H16N6O.C7H6ClNO/c1-20-14-11-23-25(12-14)15-5-2-4-13(10-15)19(26)24-17-7-9-21-16-6-3-8-22-18(16)17;8-6-3-1-2-4-7(6)9-5-10/h2-12,20H,1H3,(H,21,24,26);1-5H,(H,9,10). The van der Waals surface area contributed by atoms with E-state index in [2.05, 4.69) is 31.0 Å². The fraction of sp³-hybridized carbons (Fsp3) is 0.0385. The first-order valence-electron chi connectivity index (χ1n) is 10.9. The summed E-state index contributed by atoms with van der Waals surface area (Å²) in [6, 6.07) is 19.7. The summed E-state index contributed by atoms with van der Waals surface area (Å²) in [4.78, 5) is 31.2. The molecule has 5 rings (SSSR count). The largest absolute Gasteiger partial charge is 0.386 e. The summed E-state index contributed by atoms with van der Waals surface area (Å²) >= 11 is 5.68. The van der Waals surface area contributed by atoms with Crippen LogP contribution in [0.15, 0.2) is 91.5 Å². The van der Waals surface area contributed by atoms with Gasteiger partial charge in [-0.05, 0) is 48.5 Å². The van der Waals surface area contributed by atoms with Crippen LogP contribution in [-0.4, -0.2) is 39.1 Å². The number of carbonyl (C=O) groups excluding carboxylic acids is 2. The van der Waals surface area contributed by atoms with Crippen LogP contribution in [0, 0.1) is 0 Å². The first-order chi connectivity index (χ1) is 17.6. The summed E-state index contributed by atoms with van der Waals surface area (Å²) in [5.74, 6) is -0.217. The topological polar surface area (TPSA) is 114 Å². The van der Waals surface area contributed by atoms with E-state index in [1.54, 1.807) is 65.7 Å². The zero-order valence-electron chi connectivity index (χ0n) is 19.2. The van der Waals surface area contributed by atoms with Crippen molar-refractivity contribution in [2.24, 2.45) is 0 Å². The maximum Gasteiger partial charge on any atom is 0.255 e. The van der Waals surface area contributed by atoms with Crippen molar-refractivity contribution in [3.63, 3.8) is 0 Å². The third kappa shape index (κ3) is 5.83. The molecule has 0 unspecified atom stereocenters. The fourth-order valence-corrected chi connectivity index (χ4v) is 3.49. The average molecular weight is 500 g/mol. The number of halogens is 1. The van der Waals surface area contributed by atoms with E-state index in [-0.39, 0.29) is 5.91 Å². The fourth-order valence-electron chi connectivity index (χ4n) is 3.30. The molecule has 0 atom stereocenters. The number of aromatic nitrogens is 4. The number of rotatable bonds is 6. The molecule has 180 valence electrons. The molecule has 3 aromatic heterocycles. The number of benzene rings is 2. The zero-order chi connectivity index (χ0) is 25.3. The van der Waals surface area contributed by atoms with Crippen LogP contribution in [0.4, 0.5) is 17.1 Å². The van der Waals surface area contributed by atoms with Crippen LogP contribution >= 0.6 is 11.6 Å². The van der Waals surface area contributed by atoms with Crippen molar-refractivity contribution in [1.82, 2.24) is 19.7 Å². The maximum absolute atomic E-state index is 12.7. The van der Waals surface area contributed by atoms with Gasteiger partial charge < -0.3 is 16.0 Å². The Morgan fingerprint density at radius 1 is 0.972 bits per heavy atom. The smallest absolute Gasteiger partial charge is 0.255 e. The molecule has 0 saturated heterocycles. The number of amides is 2. The molecule has 2 amide bonds. The Hall–Kier alpha value is -4.76. The Morgan fingerprint density at radius 3 is 2.61 bits per heavy atom. The van der Waals surface area contributed by atoms with E-state index < -0.39 is 0 Å². The molecule has 0 spiro atoms. The van der Waals surface area contributed by atoms with Gasteiger partial charge in [0.25, 0.3) is 5.91 Å². The predicted octanol–water partition coefficient (Wildman–Crippen LogP) is 5.02. The van der Waals surface area contributed by atoms with Gasteiger partial charge in [0.15, 0.2) is 0 Å². The number of para-hydroxylation sites is 1. The van der Waals surface area contributed by atoms with Gasteiger partial charge in [0.2, 0.25) is 6.41 Å². The SMILES string of the molecule is CNc1cnn(-c2cccc(C(=O)Nc3ccnc4cccnc34)c2)c1.O=CNc1ccccc1Cl. The third-order valence-corrected chi connectivity index (χ3v) is 5.41. The lowest BCUT2D eigenvalue weighted by Gasteiger charge is -2.09. The molecule has 5 aromatic rings. The number of carbonyl (C=O) groups is 2. The van der Waals surface area contributed by atoms with Gasteiger partial charge in [0.1, 0.15) is 5.52 Å². The number of hydrogen-bond donors (Lipinski definition) is 3. The predicted molar refractivity (Wildman–Crippen MR) is 142 cm³/mol. The van der Waals surface area contributed by atoms with Gasteiger partial charge in [0.05, 0.1) is 45.7 Å². The zero-order valence-corrected chi connectivity index (χ0v) is 20.0. The van der Waals surface area contributed by atoms with E-state index in [9.17, 15) is 9.59 Å². The lowest BCUT2D eigenvalue weighted by molar-refractivity contribution is -0.105. The lowest BCUT2D eigenvalue weighted by Crippen LogP contribution is -2.13. The molecule has 0 aliphatic rings. The monoisotopic (exact) mass is 499 g/mol. The number of hydrogen-bond acceptors (Lipinski definition) is 6. The van der Waals surface area contributed by atoms with Gasteiger partial charge in [-0.1, -0.05) is 29.8 Å². The normalized spacial score (nSPS) is 10.2. The summed E-state index contributed by atoms with van der Waals surface area (Å²) in [6.07, 6.45) is 7.51. The summed E-state index contributed by atoms with van der Waals surface area (Å²) < 4.78 is 1.71. The van der Waals surface area contributed by atoms with Gasteiger partial charge in [-0.15, -0.1) is 0 Å². The third-order valence-electron chi connectivity index (χ3n) is 5.08. The first kappa shape index (κ1) is 24.4. The molecule has 10 heteroatoms. The molecule has 0 aliphatic heterocycles. The Kier molecular flexibility index (Phi) is 7.84. The Bertz CT molecular complexity index is 1500. The molecule has 3 heterocycles. The highest BCUT2D eigenvalue weighted by Crippen LogP contribution is 2.21. The molecule has 3 N–H and O–H groups in total. The quantitative estimate of drug-likeness (QED) is 0.283. The van der Waals surface area contributed by atoms with Gasteiger partial charge in [-0.3, -0.25) is 19.6 Å². The van der Waals surface area contributed by atoms with Crippen LogP contribution in [0.25, 0.3) is 16.7 Å². The molecule has 0 saturated carbocycles. The molecule has 9 nitrogen and oxygen atoms in total. The van der Waals surface area contributed by atoms with Crippen molar-refractivity contribution >= 4 is 52.0 Å². The minimum Gasteiger partial charge on any atom is -0.386 e. The highest BCUT2D eigenvalue weighted by atomic mass is 35.5. The Balaban J connectivity index is 0.000000256. The molecule has 36 heavy (non-hydrogen) atoms. The maximum atomic E-state index is 12.7. The van der Waals surface area contributed by atoms with E-state index in [1.807, 2.05) is 37.5 Å². The number of nitrogens with zero attached hydrogens (tertiary/aromatic N) is 4. The van der Waals surface area contributed by atoms with Crippen molar-refractivity contribution < 1.29 is 9.59 Å². The van der Waals surface area contributed by atoms with Crippen molar-refractivity contribution in [3.05, 3.63) is 102 Å². The summed E-state index contributed by atoms with van der Waals surface area (Å²) in [5, 5.41) is 13.2. The van der Waals surface area contributed by atoms with E-state index in [0.29, 0.717) is 33.9 Å². The molecular weight excluding hydrogens is 478 g/mol. The second-order valence-corrected chi connectivity index (χ2v) is 7.81. The first-order valence-corrected chi connectivity index (χ1v) is 11.3. The van der Waals surface area contributed by atoms with Crippen LogP contribution in [-0.2, 0) is 4.79 Å². The molecular formula is C26H22ClN7O2. The highest BCUT2D eigenvalue weighted by molar-refractivity contribution is 6.33. The minimum absolute atomic E-state index is 0.217. The lowest BCUT2D eigenvalue weighted by atomic mass is 10.2. The molecule has 2 aromatic carbocycles. The van der Waals surface area contributed by atoms with Crippen LogP contribution in [0.5, 0.6) is 0 Å². The van der Waals surface area contributed by atoms with Crippen molar-refractivity contribution in [1.29, 1.82) is 0 Å². The van der Waals surface area contributed by atoms with Crippen LogP contribution < -0.4 is 16.0 Å². The average Bonchev–Trinajstić information content (AvgIpc) is 3.40. The number of pyridine rings is 2. The van der Waals surface area contributed by atoms with Crippen molar-refractivity contribution in [2.75, 3.05) is 23.0 Å². The van der Waals surface area contributed by atoms with Gasteiger partial charge in [-0.25, -0.2) is 4.68 Å². The molecule has 0 bridgehead atoms. The van der Waals surface area contributed by atoms with Crippen molar-refractivity contribution in [3.8, 4) is 5.69 Å². The van der Waals surface area contributed by atoms with Gasteiger partial charge in [-0.2, -0.15) is 5.10 Å². The van der Waals surface area contributed by atoms with Crippen LogP contribution in [0.2, 0.25) is 5.02 Å². The van der Waals surface area contributed by atoms with E-state index in [1.165, 1.54) is 0 Å². The van der Waals surface area contributed by atoms with Gasteiger partial charge in [0, 0.05) is 25.0 Å². The van der Waals surface area contributed by atoms with Crippen molar-refractivity contribution in [2.45, 2.75) is 0 Å². The van der Waals surface area contributed by atoms with E-state index in [0.717, 1.165) is 16.9 Å². The van der Waals surface area contributed by atoms with E-state index >= 15 is 0 Å². The number of fused-ring (bicyclic) bond motifs is 1. The Morgan fingerprint density at radius 2 is 1.83 bits per heavy atom. The van der Waals surface area contributed by atoms with Gasteiger partial charge >= 0.3 is 0 Å². The number of nitrogens with one attached hydrogen (secondary N) is 3. The summed E-state index contributed by atoms with van der Waals surface area (Å²) in [6.45, 7) is 0. The molecule has 0 fully saturated rings. The van der Waals surface area contributed by atoms with Crippen LogP contribution in [0.1, 0.15) is 10.4 Å². The highest BCUT2D eigenvalue weighted by Gasteiger charge is 2.11. The van der Waals surface area contributed by atoms with Crippen LogP contribution in [0.3, 0.4) is 0 Å². The second-order valence-electron chi connectivity index (χ2n) is 7.40. The minimum atomic E-state index is -0.217. The molecule has 0 radical (unpaired) electrons. The molecule has 0 aliphatic carbocycles. The second kappa shape index (κ2) is 11.6. The Labute approximate surface area is 212 Å². The summed E-state index contributed by atoms with van der Waals surface area (Å²) in [5.41, 5.74) is 4.89. The van der Waals surface area contributed by atoms with E-state index in [4.69, 9.17) is 11.6 Å².